The number of rotatable bonds is 6. The summed E-state index contributed by atoms with van der Waals surface area (Å²) in [5.74, 6) is 1.05. The molecule has 0 aliphatic carbocycles. The maximum atomic E-state index is 12.5. The number of esters is 1. The lowest BCUT2D eigenvalue weighted by Crippen LogP contribution is -2.40. The molecule has 1 amide bonds. The van der Waals surface area contributed by atoms with Crippen LogP contribution in [0.4, 0.5) is 0 Å². The Morgan fingerprint density at radius 3 is 2.25 bits per heavy atom. The van der Waals surface area contributed by atoms with Gasteiger partial charge in [-0.25, -0.2) is 4.98 Å². The number of aromatic nitrogens is 1. The maximum absolute atomic E-state index is 12.5. The van der Waals surface area contributed by atoms with E-state index >= 15 is 0 Å². The van der Waals surface area contributed by atoms with Crippen LogP contribution in [-0.4, -0.2) is 34.8 Å². The maximum Gasteiger partial charge on any atom is 0.314 e. The molecule has 1 aromatic heterocycles. The third-order valence-electron chi connectivity index (χ3n) is 5.26. The van der Waals surface area contributed by atoms with Gasteiger partial charge < -0.3 is 14.4 Å². The van der Waals surface area contributed by atoms with Gasteiger partial charge in [-0.2, -0.15) is 0 Å². The number of amides is 1. The van der Waals surface area contributed by atoms with E-state index in [2.05, 4.69) is 4.98 Å². The highest BCUT2D eigenvalue weighted by Gasteiger charge is 2.28. The van der Waals surface area contributed by atoms with E-state index in [1.54, 1.807) is 47.5 Å². The first-order chi connectivity index (χ1) is 15.7. The van der Waals surface area contributed by atoms with Crippen molar-refractivity contribution in [1.29, 1.82) is 0 Å². The van der Waals surface area contributed by atoms with E-state index in [0.717, 1.165) is 5.56 Å². The summed E-state index contributed by atoms with van der Waals surface area (Å²) in [4.78, 5) is 30.8. The van der Waals surface area contributed by atoms with Gasteiger partial charge in [-0.15, -0.1) is 0 Å². The normalized spacial score (nSPS) is 14.3. The number of piperidine rings is 1. The first-order valence-electron chi connectivity index (χ1n) is 10.6. The molecule has 4 rings (SSSR count). The molecule has 3 aromatic rings. The van der Waals surface area contributed by atoms with Crippen molar-refractivity contribution in [2.75, 3.05) is 13.1 Å². The Morgan fingerprint density at radius 1 is 0.875 bits per heavy atom. The number of hydrogen-bond acceptors (Lipinski definition) is 5. The van der Waals surface area contributed by atoms with Crippen LogP contribution >= 0.6 is 0 Å². The Hall–Kier alpha value is -3.93. The van der Waals surface area contributed by atoms with Gasteiger partial charge in [0.05, 0.1) is 5.92 Å². The largest absolute Gasteiger partial charge is 0.439 e. The second kappa shape index (κ2) is 10.4. The standard InChI is InChI=1S/C26H24N2O4/c29-25(14-9-20-6-2-1-3-7-20)28-18-15-21(16-19-28)26(30)32-23-12-10-22(11-13-23)31-24-8-4-5-17-27-24/h1-14,17,21H,15-16,18-19H2/b14-9+. The fraction of sp³-hybridized carbons (Fsp3) is 0.192. The molecule has 0 N–H and O–H groups in total. The molecular formula is C26H24N2O4. The summed E-state index contributed by atoms with van der Waals surface area (Å²) in [7, 11) is 0. The molecule has 32 heavy (non-hydrogen) atoms. The number of likely N-dealkylation sites (tertiary alicyclic amines) is 1. The van der Waals surface area contributed by atoms with Gasteiger partial charge in [-0.05, 0) is 54.8 Å². The van der Waals surface area contributed by atoms with Crippen LogP contribution in [0.25, 0.3) is 6.08 Å². The molecule has 6 heteroatoms. The fourth-order valence-corrected chi connectivity index (χ4v) is 3.48. The van der Waals surface area contributed by atoms with Crippen molar-refractivity contribution in [3.8, 4) is 17.4 Å². The van der Waals surface area contributed by atoms with Gasteiger partial charge in [0.15, 0.2) is 0 Å². The molecule has 2 heterocycles. The van der Waals surface area contributed by atoms with Crippen molar-refractivity contribution >= 4 is 18.0 Å². The predicted molar refractivity (Wildman–Crippen MR) is 121 cm³/mol. The number of benzene rings is 2. The van der Waals surface area contributed by atoms with Gasteiger partial charge in [-0.3, -0.25) is 9.59 Å². The molecule has 1 aliphatic heterocycles. The lowest BCUT2D eigenvalue weighted by atomic mass is 9.97. The van der Waals surface area contributed by atoms with E-state index < -0.39 is 0 Å². The molecule has 1 saturated heterocycles. The van der Waals surface area contributed by atoms with Crippen LogP contribution in [0.2, 0.25) is 0 Å². The smallest absolute Gasteiger partial charge is 0.314 e. The lowest BCUT2D eigenvalue weighted by Gasteiger charge is -2.30. The summed E-state index contributed by atoms with van der Waals surface area (Å²) in [6, 6.07) is 22.0. The van der Waals surface area contributed by atoms with E-state index in [1.165, 1.54) is 0 Å². The first-order valence-corrected chi connectivity index (χ1v) is 10.6. The van der Waals surface area contributed by atoms with E-state index in [4.69, 9.17) is 9.47 Å². The van der Waals surface area contributed by atoms with Crippen molar-refractivity contribution in [2.24, 2.45) is 5.92 Å². The van der Waals surface area contributed by atoms with Crippen LogP contribution in [0.5, 0.6) is 17.4 Å². The summed E-state index contributed by atoms with van der Waals surface area (Å²) in [5, 5.41) is 0. The Kier molecular flexibility index (Phi) is 6.92. The molecule has 0 atom stereocenters. The van der Waals surface area contributed by atoms with Crippen molar-refractivity contribution in [2.45, 2.75) is 12.8 Å². The Labute approximate surface area is 187 Å². The van der Waals surface area contributed by atoms with Crippen molar-refractivity contribution in [3.63, 3.8) is 0 Å². The van der Waals surface area contributed by atoms with E-state index in [0.29, 0.717) is 43.3 Å². The minimum absolute atomic E-state index is 0.0378. The zero-order chi connectivity index (χ0) is 22.2. The highest BCUT2D eigenvalue weighted by Crippen LogP contribution is 2.24. The van der Waals surface area contributed by atoms with Crippen LogP contribution in [0.3, 0.4) is 0 Å². The summed E-state index contributed by atoms with van der Waals surface area (Å²) in [6.45, 7) is 1.07. The molecule has 2 aromatic carbocycles. The number of hydrogen-bond donors (Lipinski definition) is 0. The molecule has 1 aliphatic rings. The van der Waals surface area contributed by atoms with Gasteiger partial charge in [-0.1, -0.05) is 36.4 Å². The van der Waals surface area contributed by atoms with Crippen LogP contribution in [0.15, 0.2) is 85.1 Å². The van der Waals surface area contributed by atoms with Crippen LogP contribution in [0, 0.1) is 5.92 Å². The zero-order valence-corrected chi connectivity index (χ0v) is 17.6. The molecular weight excluding hydrogens is 404 g/mol. The summed E-state index contributed by atoms with van der Waals surface area (Å²) in [5.41, 5.74) is 0.982. The minimum Gasteiger partial charge on any atom is -0.439 e. The number of pyridine rings is 1. The Bertz CT molecular complexity index is 1060. The Morgan fingerprint density at radius 2 is 1.56 bits per heavy atom. The number of nitrogens with zero attached hydrogens (tertiary/aromatic N) is 2. The second-order valence-corrected chi connectivity index (χ2v) is 7.51. The van der Waals surface area contributed by atoms with Gasteiger partial charge in [0.2, 0.25) is 11.8 Å². The van der Waals surface area contributed by atoms with E-state index in [-0.39, 0.29) is 17.8 Å². The molecule has 0 saturated carbocycles. The number of carbonyl (C=O) groups is 2. The quantitative estimate of drug-likeness (QED) is 0.323. The number of ether oxygens (including phenoxy) is 2. The van der Waals surface area contributed by atoms with Gasteiger partial charge in [0.1, 0.15) is 11.5 Å². The predicted octanol–water partition coefficient (Wildman–Crippen LogP) is 4.73. The van der Waals surface area contributed by atoms with E-state index in [9.17, 15) is 9.59 Å². The summed E-state index contributed by atoms with van der Waals surface area (Å²) < 4.78 is 11.2. The summed E-state index contributed by atoms with van der Waals surface area (Å²) >= 11 is 0. The lowest BCUT2D eigenvalue weighted by molar-refractivity contribution is -0.142. The van der Waals surface area contributed by atoms with Gasteiger partial charge >= 0.3 is 5.97 Å². The average molecular weight is 428 g/mol. The molecule has 0 bridgehead atoms. The fourth-order valence-electron chi connectivity index (χ4n) is 3.48. The third-order valence-corrected chi connectivity index (χ3v) is 5.26. The second-order valence-electron chi connectivity index (χ2n) is 7.51. The van der Waals surface area contributed by atoms with Crippen LogP contribution in [0.1, 0.15) is 18.4 Å². The van der Waals surface area contributed by atoms with Crippen LogP contribution in [-0.2, 0) is 9.59 Å². The number of carbonyl (C=O) groups excluding carboxylic acids is 2. The van der Waals surface area contributed by atoms with Crippen LogP contribution < -0.4 is 9.47 Å². The highest BCUT2D eigenvalue weighted by molar-refractivity contribution is 5.92. The SMILES string of the molecule is O=C(Oc1ccc(Oc2ccccn2)cc1)C1CCN(C(=O)/C=C/c2ccccc2)CC1. The third kappa shape index (κ3) is 5.82. The van der Waals surface area contributed by atoms with Crippen molar-refractivity contribution in [1.82, 2.24) is 9.88 Å². The topological polar surface area (TPSA) is 68.7 Å². The van der Waals surface area contributed by atoms with E-state index in [1.807, 2.05) is 48.5 Å². The van der Waals surface area contributed by atoms with Crippen molar-refractivity contribution < 1.29 is 19.1 Å². The minimum atomic E-state index is -0.268. The molecule has 0 radical (unpaired) electrons. The van der Waals surface area contributed by atoms with Gasteiger partial charge in [0.25, 0.3) is 0 Å². The first kappa shape index (κ1) is 21.3. The summed E-state index contributed by atoms with van der Waals surface area (Å²) in [6.07, 6.45) is 6.23. The monoisotopic (exact) mass is 428 g/mol. The van der Waals surface area contributed by atoms with Crippen molar-refractivity contribution in [3.05, 3.63) is 90.6 Å². The average Bonchev–Trinajstić information content (AvgIpc) is 2.85. The molecule has 0 spiro atoms. The zero-order valence-electron chi connectivity index (χ0n) is 17.6. The van der Waals surface area contributed by atoms with Gasteiger partial charge in [0, 0.05) is 31.4 Å². The highest BCUT2D eigenvalue weighted by atomic mass is 16.5. The Balaban J connectivity index is 1.24. The molecule has 1 fully saturated rings. The molecule has 0 unspecified atom stereocenters. The molecule has 162 valence electrons. The molecule has 6 nitrogen and oxygen atoms in total.